The summed E-state index contributed by atoms with van der Waals surface area (Å²) in [5.74, 6) is -1.14. The summed E-state index contributed by atoms with van der Waals surface area (Å²) in [7, 11) is 0. The molecule has 2 heterocycles. The molecule has 0 unspecified atom stereocenters. The van der Waals surface area contributed by atoms with E-state index in [1.54, 1.807) is 10.6 Å². The van der Waals surface area contributed by atoms with Crippen molar-refractivity contribution in [3.63, 3.8) is 0 Å². The van der Waals surface area contributed by atoms with Gasteiger partial charge in [0.2, 0.25) is 0 Å². The number of fused-ring (bicyclic) bond motifs is 1. The van der Waals surface area contributed by atoms with Crippen LogP contribution in [0, 0.1) is 12.3 Å². The van der Waals surface area contributed by atoms with E-state index in [2.05, 4.69) is 10.3 Å². The summed E-state index contributed by atoms with van der Waals surface area (Å²) in [4.78, 5) is 28.3. The minimum Gasteiger partial charge on any atom is -0.481 e. The second-order valence-corrected chi connectivity index (χ2v) is 6.42. The number of carboxylic acid groups (broad SMARTS) is 1. The van der Waals surface area contributed by atoms with Crippen LogP contribution < -0.4 is 5.32 Å². The van der Waals surface area contributed by atoms with Gasteiger partial charge in [0.05, 0.1) is 5.41 Å². The summed E-state index contributed by atoms with van der Waals surface area (Å²) in [6.07, 6.45) is 7.62. The van der Waals surface area contributed by atoms with Gasteiger partial charge in [-0.25, -0.2) is 4.98 Å². The predicted octanol–water partition coefficient (Wildman–Crippen LogP) is 2.41. The lowest BCUT2D eigenvalue weighted by Gasteiger charge is -2.33. The molecule has 3 rings (SSSR count). The second-order valence-electron chi connectivity index (χ2n) is 6.42. The number of hydrogen-bond donors (Lipinski definition) is 2. The lowest BCUT2D eigenvalue weighted by atomic mass is 9.74. The molecular weight excluding hydrogens is 294 g/mol. The monoisotopic (exact) mass is 315 g/mol. The highest BCUT2D eigenvalue weighted by atomic mass is 16.4. The highest BCUT2D eigenvalue weighted by Crippen LogP contribution is 2.36. The van der Waals surface area contributed by atoms with Gasteiger partial charge in [-0.1, -0.05) is 19.3 Å². The van der Waals surface area contributed by atoms with Gasteiger partial charge in [-0.05, 0) is 37.5 Å². The van der Waals surface area contributed by atoms with Gasteiger partial charge in [0.25, 0.3) is 5.91 Å². The highest BCUT2D eigenvalue weighted by molar-refractivity contribution is 5.93. The number of aryl methyl sites for hydroxylation is 1. The van der Waals surface area contributed by atoms with Crippen LogP contribution in [0.1, 0.15) is 48.2 Å². The van der Waals surface area contributed by atoms with E-state index in [1.165, 1.54) is 0 Å². The minimum atomic E-state index is -0.830. The second kappa shape index (κ2) is 6.02. The Kier molecular flexibility index (Phi) is 4.07. The maximum atomic E-state index is 12.3. The molecule has 0 saturated heterocycles. The van der Waals surface area contributed by atoms with E-state index in [4.69, 9.17) is 0 Å². The van der Waals surface area contributed by atoms with Crippen LogP contribution in [-0.4, -0.2) is 32.9 Å². The topological polar surface area (TPSA) is 83.7 Å². The third kappa shape index (κ3) is 3.06. The number of carboxylic acids is 1. The SMILES string of the molecule is Cc1ccn2cc(C(=O)NCC3(C(=O)O)CCCCC3)nc2c1. The zero-order chi connectivity index (χ0) is 16.4. The molecule has 0 bridgehead atoms. The number of carbonyl (C=O) groups is 2. The Balaban J connectivity index is 1.73. The van der Waals surface area contributed by atoms with Gasteiger partial charge in [0.1, 0.15) is 11.3 Å². The molecule has 1 saturated carbocycles. The van der Waals surface area contributed by atoms with Crippen LogP contribution in [0.15, 0.2) is 24.5 Å². The lowest BCUT2D eigenvalue weighted by Crippen LogP contribution is -2.44. The fraction of sp³-hybridized carbons (Fsp3) is 0.471. The van der Waals surface area contributed by atoms with Crippen molar-refractivity contribution in [2.45, 2.75) is 39.0 Å². The average molecular weight is 315 g/mol. The lowest BCUT2D eigenvalue weighted by molar-refractivity contribution is -0.150. The van der Waals surface area contributed by atoms with E-state index in [1.807, 2.05) is 25.3 Å². The molecule has 0 atom stereocenters. The van der Waals surface area contributed by atoms with E-state index in [-0.39, 0.29) is 12.5 Å². The number of pyridine rings is 1. The molecular formula is C17H21N3O3. The van der Waals surface area contributed by atoms with E-state index in [9.17, 15) is 14.7 Å². The molecule has 1 fully saturated rings. The van der Waals surface area contributed by atoms with Crippen molar-refractivity contribution in [2.75, 3.05) is 6.54 Å². The van der Waals surface area contributed by atoms with Crippen LogP contribution in [0.3, 0.4) is 0 Å². The summed E-state index contributed by atoms with van der Waals surface area (Å²) >= 11 is 0. The molecule has 1 aliphatic rings. The summed E-state index contributed by atoms with van der Waals surface area (Å²) in [6.45, 7) is 2.13. The smallest absolute Gasteiger partial charge is 0.311 e. The van der Waals surface area contributed by atoms with Crippen molar-refractivity contribution in [3.05, 3.63) is 35.8 Å². The van der Waals surface area contributed by atoms with Crippen LogP contribution in [0.2, 0.25) is 0 Å². The van der Waals surface area contributed by atoms with Crippen LogP contribution in [0.25, 0.3) is 5.65 Å². The Labute approximate surface area is 134 Å². The molecule has 6 heteroatoms. The quantitative estimate of drug-likeness (QED) is 0.907. The Morgan fingerprint density at radius 3 is 2.78 bits per heavy atom. The van der Waals surface area contributed by atoms with E-state index < -0.39 is 11.4 Å². The zero-order valence-electron chi connectivity index (χ0n) is 13.2. The van der Waals surface area contributed by atoms with Crippen molar-refractivity contribution >= 4 is 17.5 Å². The zero-order valence-corrected chi connectivity index (χ0v) is 13.2. The van der Waals surface area contributed by atoms with Crippen LogP contribution in [-0.2, 0) is 4.79 Å². The third-order valence-corrected chi connectivity index (χ3v) is 4.70. The number of imidazole rings is 1. The molecule has 0 radical (unpaired) electrons. The number of amides is 1. The van der Waals surface area contributed by atoms with Crippen molar-refractivity contribution in [1.29, 1.82) is 0 Å². The Bertz CT molecular complexity index is 745. The first-order valence-corrected chi connectivity index (χ1v) is 7.97. The summed E-state index contributed by atoms with van der Waals surface area (Å²) in [6, 6.07) is 3.84. The molecule has 2 N–H and O–H groups in total. The highest BCUT2D eigenvalue weighted by Gasteiger charge is 2.39. The molecule has 1 aliphatic carbocycles. The van der Waals surface area contributed by atoms with Gasteiger partial charge >= 0.3 is 5.97 Å². The van der Waals surface area contributed by atoms with Crippen molar-refractivity contribution in [2.24, 2.45) is 5.41 Å². The average Bonchev–Trinajstić information content (AvgIpc) is 2.96. The molecule has 2 aromatic rings. The maximum absolute atomic E-state index is 12.3. The fourth-order valence-corrected chi connectivity index (χ4v) is 3.23. The molecule has 0 spiro atoms. The minimum absolute atomic E-state index is 0.161. The molecule has 2 aromatic heterocycles. The number of rotatable bonds is 4. The van der Waals surface area contributed by atoms with Crippen LogP contribution >= 0.6 is 0 Å². The van der Waals surface area contributed by atoms with E-state index in [0.29, 0.717) is 24.2 Å². The standard InChI is InChI=1S/C17H21N3O3/c1-12-5-8-20-10-13(19-14(20)9-12)15(21)18-11-17(16(22)23)6-3-2-4-7-17/h5,8-10H,2-4,6-7,11H2,1H3,(H,18,21)(H,22,23). The van der Waals surface area contributed by atoms with Gasteiger partial charge in [0, 0.05) is 18.9 Å². The maximum Gasteiger partial charge on any atom is 0.311 e. The van der Waals surface area contributed by atoms with Crippen LogP contribution in [0.4, 0.5) is 0 Å². The molecule has 6 nitrogen and oxygen atoms in total. The molecule has 1 amide bonds. The Morgan fingerprint density at radius 1 is 1.35 bits per heavy atom. The largest absolute Gasteiger partial charge is 0.481 e. The predicted molar refractivity (Wildman–Crippen MR) is 85.4 cm³/mol. The Hall–Kier alpha value is -2.37. The number of nitrogens with zero attached hydrogens (tertiary/aromatic N) is 2. The van der Waals surface area contributed by atoms with Crippen molar-refractivity contribution in [3.8, 4) is 0 Å². The first-order valence-electron chi connectivity index (χ1n) is 7.97. The van der Waals surface area contributed by atoms with E-state index in [0.717, 1.165) is 24.8 Å². The molecule has 122 valence electrons. The Morgan fingerprint density at radius 2 is 2.09 bits per heavy atom. The number of nitrogens with one attached hydrogen (secondary N) is 1. The summed E-state index contributed by atoms with van der Waals surface area (Å²) < 4.78 is 1.79. The number of aromatic nitrogens is 2. The van der Waals surface area contributed by atoms with Crippen molar-refractivity contribution < 1.29 is 14.7 Å². The first kappa shape index (κ1) is 15.5. The number of aliphatic carboxylic acids is 1. The first-order chi connectivity index (χ1) is 11.0. The summed E-state index contributed by atoms with van der Waals surface area (Å²) in [5.41, 5.74) is 1.26. The fourth-order valence-electron chi connectivity index (χ4n) is 3.23. The normalized spacial score (nSPS) is 17.1. The number of hydrogen-bond acceptors (Lipinski definition) is 3. The summed E-state index contributed by atoms with van der Waals surface area (Å²) in [5, 5.41) is 12.3. The van der Waals surface area contributed by atoms with Crippen LogP contribution in [0.5, 0.6) is 0 Å². The molecule has 23 heavy (non-hydrogen) atoms. The molecule has 0 aromatic carbocycles. The van der Waals surface area contributed by atoms with Gasteiger partial charge in [-0.15, -0.1) is 0 Å². The van der Waals surface area contributed by atoms with Gasteiger partial charge in [-0.3, -0.25) is 9.59 Å². The third-order valence-electron chi connectivity index (χ3n) is 4.70. The van der Waals surface area contributed by atoms with Gasteiger partial charge in [-0.2, -0.15) is 0 Å². The van der Waals surface area contributed by atoms with Gasteiger partial charge in [0.15, 0.2) is 0 Å². The van der Waals surface area contributed by atoms with Crippen molar-refractivity contribution in [1.82, 2.24) is 14.7 Å². The van der Waals surface area contributed by atoms with Gasteiger partial charge < -0.3 is 14.8 Å². The number of carbonyl (C=O) groups excluding carboxylic acids is 1. The van der Waals surface area contributed by atoms with E-state index >= 15 is 0 Å². The molecule has 0 aliphatic heterocycles.